The summed E-state index contributed by atoms with van der Waals surface area (Å²) in [5.41, 5.74) is 2.20. The highest BCUT2D eigenvalue weighted by Crippen LogP contribution is 2.22. The van der Waals surface area contributed by atoms with Crippen LogP contribution in [0.25, 0.3) is 0 Å². The largest absolute Gasteiger partial charge is 0.491 e. The molecular weight excluding hydrogens is 368 g/mol. The molecule has 7 nitrogen and oxygen atoms in total. The van der Waals surface area contributed by atoms with Crippen molar-refractivity contribution >= 4 is 29.0 Å². The summed E-state index contributed by atoms with van der Waals surface area (Å²) in [4.78, 5) is 20.2. The van der Waals surface area contributed by atoms with E-state index in [9.17, 15) is 4.79 Å². The molecule has 0 saturated heterocycles. The zero-order valence-electron chi connectivity index (χ0n) is 16.7. The minimum atomic E-state index is -0.336. The van der Waals surface area contributed by atoms with Gasteiger partial charge in [-0.15, -0.1) is 0 Å². The molecule has 0 saturated carbocycles. The molecule has 0 atom stereocenters. The Labute approximate surface area is 170 Å². The quantitative estimate of drug-likeness (QED) is 0.526. The number of carbonyl (C=O) groups is 1. The number of benzene rings is 2. The van der Waals surface area contributed by atoms with E-state index in [0.29, 0.717) is 23.8 Å². The molecular formula is C22H24N4O3. The Kier molecular flexibility index (Phi) is 6.63. The van der Waals surface area contributed by atoms with Crippen LogP contribution in [0.1, 0.15) is 31.1 Å². The number of hydrogen-bond acceptors (Lipinski definition) is 7. The molecule has 0 bridgehead atoms. The number of nitrogens with one attached hydrogen (secondary N) is 2. The first-order valence-electron chi connectivity index (χ1n) is 9.43. The summed E-state index contributed by atoms with van der Waals surface area (Å²) in [6.45, 7) is 6.11. The van der Waals surface area contributed by atoms with Gasteiger partial charge in [-0.3, -0.25) is 0 Å². The SMILES string of the molecule is CCOC(=O)c1ccc(Nc2cc(Nc3ccc(OC(C)C)cc3)ncn2)cc1. The molecule has 0 amide bonds. The zero-order valence-corrected chi connectivity index (χ0v) is 16.7. The Hall–Kier alpha value is -3.61. The molecule has 7 heteroatoms. The maximum absolute atomic E-state index is 11.7. The first kappa shape index (κ1) is 20.1. The lowest BCUT2D eigenvalue weighted by molar-refractivity contribution is 0.0526. The van der Waals surface area contributed by atoms with Crippen LogP contribution in [0.2, 0.25) is 0 Å². The molecule has 150 valence electrons. The monoisotopic (exact) mass is 392 g/mol. The van der Waals surface area contributed by atoms with E-state index in [1.165, 1.54) is 6.33 Å². The van der Waals surface area contributed by atoms with Gasteiger partial charge in [0.15, 0.2) is 0 Å². The molecule has 3 aromatic rings. The smallest absolute Gasteiger partial charge is 0.338 e. The number of ether oxygens (including phenoxy) is 2. The van der Waals surface area contributed by atoms with Gasteiger partial charge >= 0.3 is 5.97 Å². The fourth-order valence-electron chi connectivity index (χ4n) is 2.58. The summed E-state index contributed by atoms with van der Waals surface area (Å²) in [6, 6.07) is 16.5. The van der Waals surface area contributed by atoms with Crippen molar-refractivity contribution in [3.8, 4) is 5.75 Å². The van der Waals surface area contributed by atoms with Crippen LogP contribution in [0.4, 0.5) is 23.0 Å². The Bertz CT molecular complexity index is 941. The third-order valence-corrected chi connectivity index (χ3v) is 3.83. The standard InChI is InChI=1S/C22H24N4O3/c1-4-28-22(27)16-5-7-17(8-6-16)25-20-13-21(24-14-23-20)26-18-9-11-19(12-10-18)29-15(2)3/h5-15H,4H2,1-3H3,(H2,23,24,25,26). The molecule has 3 rings (SSSR count). The van der Waals surface area contributed by atoms with Crippen molar-refractivity contribution < 1.29 is 14.3 Å². The molecule has 0 fully saturated rings. The van der Waals surface area contributed by atoms with Gasteiger partial charge in [0.2, 0.25) is 0 Å². The predicted octanol–water partition coefficient (Wildman–Crippen LogP) is 4.93. The normalized spacial score (nSPS) is 10.5. The van der Waals surface area contributed by atoms with Crippen molar-refractivity contribution in [3.05, 3.63) is 66.5 Å². The third-order valence-electron chi connectivity index (χ3n) is 3.83. The number of rotatable bonds is 8. The summed E-state index contributed by atoms with van der Waals surface area (Å²) < 4.78 is 10.6. The van der Waals surface area contributed by atoms with Crippen LogP contribution in [0, 0.1) is 0 Å². The number of carbonyl (C=O) groups excluding carboxylic acids is 1. The first-order valence-corrected chi connectivity index (χ1v) is 9.43. The van der Waals surface area contributed by atoms with Gasteiger partial charge in [0.05, 0.1) is 18.3 Å². The Morgan fingerprint density at radius 1 is 0.931 bits per heavy atom. The predicted molar refractivity (Wildman–Crippen MR) is 113 cm³/mol. The molecule has 2 aromatic carbocycles. The minimum Gasteiger partial charge on any atom is -0.491 e. The van der Waals surface area contributed by atoms with Crippen LogP contribution in [0.3, 0.4) is 0 Å². The summed E-state index contributed by atoms with van der Waals surface area (Å²) in [7, 11) is 0. The van der Waals surface area contributed by atoms with E-state index in [2.05, 4.69) is 20.6 Å². The van der Waals surface area contributed by atoms with Crippen molar-refractivity contribution in [2.45, 2.75) is 26.9 Å². The molecule has 1 aromatic heterocycles. The molecule has 2 N–H and O–H groups in total. The van der Waals surface area contributed by atoms with Crippen LogP contribution in [0.15, 0.2) is 60.9 Å². The third kappa shape index (κ3) is 5.93. The van der Waals surface area contributed by atoms with Crippen LogP contribution in [0.5, 0.6) is 5.75 Å². The Morgan fingerprint density at radius 3 is 2.00 bits per heavy atom. The van der Waals surface area contributed by atoms with Gasteiger partial charge in [-0.1, -0.05) is 0 Å². The fraction of sp³-hybridized carbons (Fsp3) is 0.227. The van der Waals surface area contributed by atoms with E-state index in [0.717, 1.165) is 17.1 Å². The number of esters is 1. The van der Waals surface area contributed by atoms with E-state index >= 15 is 0 Å². The maximum Gasteiger partial charge on any atom is 0.338 e. The summed E-state index contributed by atoms with van der Waals surface area (Å²) in [6.07, 6.45) is 1.61. The van der Waals surface area contributed by atoms with Crippen molar-refractivity contribution in [2.24, 2.45) is 0 Å². The Balaban J connectivity index is 1.64. The molecule has 0 aliphatic carbocycles. The van der Waals surface area contributed by atoms with E-state index in [-0.39, 0.29) is 12.1 Å². The summed E-state index contributed by atoms with van der Waals surface area (Å²) in [5, 5.41) is 6.44. The molecule has 0 unspecified atom stereocenters. The summed E-state index contributed by atoms with van der Waals surface area (Å²) in [5.74, 6) is 1.77. The lowest BCUT2D eigenvalue weighted by atomic mass is 10.2. The van der Waals surface area contributed by atoms with Gasteiger partial charge in [0.1, 0.15) is 23.7 Å². The topological polar surface area (TPSA) is 85.4 Å². The lowest BCUT2D eigenvalue weighted by Crippen LogP contribution is -2.05. The lowest BCUT2D eigenvalue weighted by Gasteiger charge is -2.11. The average molecular weight is 392 g/mol. The van der Waals surface area contributed by atoms with Crippen molar-refractivity contribution in [3.63, 3.8) is 0 Å². The molecule has 0 spiro atoms. The summed E-state index contributed by atoms with van der Waals surface area (Å²) >= 11 is 0. The second kappa shape index (κ2) is 9.54. The van der Waals surface area contributed by atoms with Gasteiger partial charge in [0, 0.05) is 17.4 Å². The zero-order chi connectivity index (χ0) is 20.6. The van der Waals surface area contributed by atoms with Crippen molar-refractivity contribution in [1.82, 2.24) is 9.97 Å². The van der Waals surface area contributed by atoms with Crippen LogP contribution < -0.4 is 15.4 Å². The highest BCUT2D eigenvalue weighted by atomic mass is 16.5. The van der Waals surface area contributed by atoms with Gasteiger partial charge in [-0.05, 0) is 69.3 Å². The van der Waals surface area contributed by atoms with Gasteiger partial charge in [-0.2, -0.15) is 0 Å². The van der Waals surface area contributed by atoms with Crippen molar-refractivity contribution in [1.29, 1.82) is 0 Å². The van der Waals surface area contributed by atoms with Crippen molar-refractivity contribution in [2.75, 3.05) is 17.2 Å². The van der Waals surface area contributed by atoms with Gasteiger partial charge in [0.25, 0.3) is 0 Å². The molecule has 29 heavy (non-hydrogen) atoms. The van der Waals surface area contributed by atoms with Crippen LogP contribution >= 0.6 is 0 Å². The Morgan fingerprint density at radius 2 is 1.48 bits per heavy atom. The van der Waals surface area contributed by atoms with Gasteiger partial charge < -0.3 is 20.1 Å². The van der Waals surface area contributed by atoms with E-state index < -0.39 is 0 Å². The number of nitrogens with zero attached hydrogens (tertiary/aromatic N) is 2. The van der Waals surface area contributed by atoms with Crippen LogP contribution in [-0.4, -0.2) is 28.6 Å². The van der Waals surface area contributed by atoms with E-state index in [4.69, 9.17) is 9.47 Å². The average Bonchev–Trinajstić information content (AvgIpc) is 2.70. The van der Waals surface area contributed by atoms with E-state index in [1.54, 1.807) is 37.3 Å². The molecule has 0 aliphatic rings. The number of anilines is 4. The molecule has 0 radical (unpaired) electrons. The fourth-order valence-corrected chi connectivity index (χ4v) is 2.58. The highest BCUT2D eigenvalue weighted by molar-refractivity contribution is 5.89. The highest BCUT2D eigenvalue weighted by Gasteiger charge is 2.06. The van der Waals surface area contributed by atoms with Crippen LogP contribution in [-0.2, 0) is 4.74 Å². The van der Waals surface area contributed by atoms with Gasteiger partial charge in [-0.25, -0.2) is 14.8 Å². The molecule has 1 heterocycles. The number of aromatic nitrogens is 2. The van der Waals surface area contributed by atoms with E-state index in [1.807, 2.05) is 38.1 Å². The molecule has 0 aliphatic heterocycles. The second-order valence-corrected chi connectivity index (χ2v) is 6.53. The number of hydrogen-bond donors (Lipinski definition) is 2. The minimum absolute atomic E-state index is 0.135. The second-order valence-electron chi connectivity index (χ2n) is 6.53. The first-order chi connectivity index (χ1) is 14.0. The maximum atomic E-state index is 11.7.